The predicted molar refractivity (Wildman–Crippen MR) is 106 cm³/mol. The molecule has 0 spiro atoms. The number of rotatable bonds is 5. The van der Waals surface area contributed by atoms with E-state index in [9.17, 15) is 13.2 Å². The number of carbonyl (C=O) groups is 1. The summed E-state index contributed by atoms with van der Waals surface area (Å²) in [6.45, 7) is 5.75. The summed E-state index contributed by atoms with van der Waals surface area (Å²) >= 11 is 1.38. The van der Waals surface area contributed by atoms with Crippen molar-refractivity contribution >= 4 is 42.4 Å². The van der Waals surface area contributed by atoms with Crippen LogP contribution in [-0.2, 0) is 9.84 Å². The van der Waals surface area contributed by atoms with Gasteiger partial charge in [-0.25, -0.2) is 13.4 Å². The third-order valence-corrected chi connectivity index (χ3v) is 6.86. The van der Waals surface area contributed by atoms with Gasteiger partial charge in [0.25, 0.3) is 5.91 Å². The molecule has 1 heterocycles. The molecule has 3 aromatic rings. The van der Waals surface area contributed by atoms with Gasteiger partial charge in [-0.3, -0.25) is 10.1 Å². The lowest BCUT2D eigenvalue weighted by atomic mass is 10.0. The average molecular weight is 389 g/mol. The van der Waals surface area contributed by atoms with E-state index in [4.69, 9.17) is 0 Å². The van der Waals surface area contributed by atoms with Gasteiger partial charge in [0.05, 0.1) is 26.4 Å². The van der Waals surface area contributed by atoms with Gasteiger partial charge in [0.2, 0.25) is 0 Å². The van der Waals surface area contributed by atoms with E-state index in [1.165, 1.54) is 23.5 Å². The number of nitrogens with zero attached hydrogens (tertiary/aromatic N) is 1. The van der Waals surface area contributed by atoms with Gasteiger partial charge >= 0.3 is 0 Å². The van der Waals surface area contributed by atoms with Gasteiger partial charge in [-0.15, -0.1) is 0 Å². The van der Waals surface area contributed by atoms with Crippen LogP contribution in [0.3, 0.4) is 0 Å². The molecule has 0 fully saturated rings. The fraction of sp³-hybridized carbons (Fsp3) is 0.263. The maximum atomic E-state index is 12.7. The summed E-state index contributed by atoms with van der Waals surface area (Å²) in [5.74, 6) is -0.210. The number of sulfone groups is 1. The maximum absolute atomic E-state index is 12.7. The first-order chi connectivity index (χ1) is 12.3. The third kappa shape index (κ3) is 3.50. The lowest BCUT2D eigenvalue weighted by Crippen LogP contribution is -2.17. The number of anilines is 1. The first-order valence-electron chi connectivity index (χ1n) is 8.36. The molecule has 136 valence electrons. The third-order valence-electron chi connectivity index (χ3n) is 4.14. The van der Waals surface area contributed by atoms with E-state index in [0.29, 0.717) is 11.0 Å². The Hall–Kier alpha value is -2.25. The molecule has 0 saturated carbocycles. The summed E-state index contributed by atoms with van der Waals surface area (Å²) in [5, 5.41) is 3.21. The van der Waals surface area contributed by atoms with E-state index in [1.54, 1.807) is 19.1 Å². The topological polar surface area (TPSA) is 76.1 Å². The molecule has 0 aliphatic rings. The van der Waals surface area contributed by atoms with Crippen molar-refractivity contribution in [2.24, 2.45) is 0 Å². The number of nitrogens with one attached hydrogen (secondary N) is 1. The number of hydrogen-bond acceptors (Lipinski definition) is 5. The number of benzene rings is 2. The zero-order valence-electron chi connectivity index (χ0n) is 14.8. The Morgan fingerprint density at radius 3 is 2.58 bits per heavy atom. The SMILES string of the molecule is CCS(=O)(=O)c1ccccc1C(=O)Nc1nc2c(C(C)C)cccc2s1. The fourth-order valence-electron chi connectivity index (χ4n) is 2.73. The quantitative estimate of drug-likeness (QED) is 0.700. The van der Waals surface area contributed by atoms with Crippen molar-refractivity contribution in [3.8, 4) is 0 Å². The van der Waals surface area contributed by atoms with Gasteiger partial charge < -0.3 is 0 Å². The molecule has 7 heteroatoms. The van der Waals surface area contributed by atoms with E-state index in [1.807, 2.05) is 18.2 Å². The van der Waals surface area contributed by atoms with Gasteiger partial charge in [0.15, 0.2) is 15.0 Å². The van der Waals surface area contributed by atoms with Crippen LogP contribution in [0.2, 0.25) is 0 Å². The number of fused-ring (bicyclic) bond motifs is 1. The van der Waals surface area contributed by atoms with Gasteiger partial charge in [0.1, 0.15) is 0 Å². The van der Waals surface area contributed by atoms with Gasteiger partial charge in [-0.2, -0.15) is 0 Å². The molecule has 0 unspecified atom stereocenters. The Morgan fingerprint density at radius 2 is 1.88 bits per heavy atom. The number of amides is 1. The van der Waals surface area contributed by atoms with Crippen LogP contribution in [0.1, 0.15) is 42.6 Å². The minimum absolute atomic E-state index is 0.0454. The summed E-state index contributed by atoms with van der Waals surface area (Å²) in [6.07, 6.45) is 0. The summed E-state index contributed by atoms with van der Waals surface area (Å²) in [6, 6.07) is 12.2. The molecule has 1 aromatic heterocycles. The molecular weight excluding hydrogens is 368 g/mol. The van der Waals surface area contributed by atoms with Crippen LogP contribution in [0.4, 0.5) is 5.13 Å². The van der Waals surface area contributed by atoms with E-state index >= 15 is 0 Å². The van der Waals surface area contributed by atoms with Crippen LogP contribution in [0.15, 0.2) is 47.4 Å². The number of thiazole rings is 1. The van der Waals surface area contributed by atoms with Crippen LogP contribution in [0, 0.1) is 0 Å². The fourth-order valence-corrected chi connectivity index (χ4v) is 4.72. The van der Waals surface area contributed by atoms with Crippen LogP contribution in [0.25, 0.3) is 10.2 Å². The lowest BCUT2D eigenvalue weighted by Gasteiger charge is -2.08. The molecular formula is C19H20N2O3S2. The normalized spacial score (nSPS) is 11.8. The van der Waals surface area contributed by atoms with E-state index in [0.717, 1.165) is 15.8 Å². The number of aromatic nitrogens is 1. The highest BCUT2D eigenvalue weighted by atomic mass is 32.2. The summed E-state index contributed by atoms with van der Waals surface area (Å²) < 4.78 is 25.5. The Morgan fingerprint density at radius 1 is 1.15 bits per heavy atom. The molecule has 0 saturated heterocycles. The first kappa shape index (κ1) is 18.5. The Bertz CT molecular complexity index is 1070. The maximum Gasteiger partial charge on any atom is 0.258 e. The van der Waals surface area contributed by atoms with Crippen molar-refractivity contribution in [2.75, 3.05) is 11.1 Å². The second-order valence-corrected chi connectivity index (χ2v) is 9.50. The molecule has 3 rings (SSSR count). The molecule has 0 aliphatic carbocycles. The molecule has 26 heavy (non-hydrogen) atoms. The Labute approximate surface area is 157 Å². The zero-order valence-corrected chi connectivity index (χ0v) is 16.4. The number of para-hydroxylation sites is 1. The smallest absolute Gasteiger partial charge is 0.258 e. The highest BCUT2D eigenvalue weighted by Crippen LogP contribution is 2.32. The summed E-state index contributed by atoms with van der Waals surface area (Å²) in [5.41, 5.74) is 2.13. The van der Waals surface area contributed by atoms with Gasteiger partial charge in [-0.05, 0) is 29.7 Å². The summed E-state index contributed by atoms with van der Waals surface area (Å²) in [4.78, 5) is 17.3. The lowest BCUT2D eigenvalue weighted by molar-refractivity contribution is 0.102. The standard InChI is InChI=1S/C19H20N2O3S2/c1-4-26(23,24)16-11-6-5-8-14(16)18(22)21-19-20-17-13(12(2)3)9-7-10-15(17)25-19/h5-12H,4H2,1-3H3,(H,20,21,22). The first-order valence-corrected chi connectivity index (χ1v) is 10.8. The van der Waals surface area contributed by atoms with Crippen molar-refractivity contribution in [1.29, 1.82) is 0 Å². The van der Waals surface area contributed by atoms with E-state index < -0.39 is 15.7 Å². The van der Waals surface area contributed by atoms with Crippen molar-refractivity contribution in [2.45, 2.75) is 31.6 Å². The van der Waals surface area contributed by atoms with Gasteiger partial charge in [-0.1, -0.05) is 56.4 Å². The minimum atomic E-state index is -3.49. The monoisotopic (exact) mass is 388 g/mol. The van der Waals surface area contributed by atoms with E-state index in [-0.39, 0.29) is 16.2 Å². The molecule has 1 N–H and O–H groups in total. The van der Waals surface area contributed by atoms with Crippen LogP contribution in [-0.4, -0.2) is 25.1 Å². The predicted octanol–water partition coefficient (Wildman–Crippen LogP) is 4.47. The molecule has 0 atom stereocenters. The molecule has 0 aliphatic heterocycles. The number of hydrogen-bond donors (Lipinski definition) is 1. The largest absolute Gasteiger partial charge is 0.298 e. The highest BCUT2D eigenvalue weighted by molar-refractivity contribution is 7.91. The van der Waals surface area contributed by atoms with Crippen molar-refractivity contribution in [1.82, 2.24) is 4.98 Å². The Balaban J connectivity index is 1.97. The van der Waals surface area contributed by atoms with Crippen molar-refractivity contribution in [3.05, 3.63) is 53.6 Å². The number of carbonyl (C=O) groups excluding carboxylic acids is 1. The minimum Gasteiger partial charge on any atom is -0.298 e. The summed E-state index contributed by atoms with van der Waals surface area (Å²) in [7, 11) is -3.49. The molecule has 0 bridgehead atoms. The molecule has 5 nitrogen and oxygen atoms in total. The Kier molecular flexibility index (Phi) is 5.11. The van der Waals surface area contributed by atoms with Gasteiger partial charge in [0, 0.05) is 0 Å². The zero-order chi connectivity index (χ0) is 18.9. The second kappa shape index (κ2) is 7.17. The molecule has 0 radical (unpaired) electrons. The van der Waals surface area contributed by atoms with Crippen LogP contribution >= 0.6 is 11.3 Å². The molecule has 1 amide bonds. The highest BCUT2D eigenvalue weighted by Gasteiger charge is 2.21. The van der Waals surface area contributed by atoms with Crippen LogP contribution in [0.5, 0.6) is 0 Å². The molecule has 2 aromatic carbocycles. The van der Waals surface area contributed by atoms with Crippen molar-refractivity contribution < 1.29 is 13.2 Å². The second-order valence-electron chi connectivity index (χ2n) is 6.22. The van der Waals surface area contributed by atoms with Crippen molar-refractivity contribution in [3.63, 3.8) is 0 Å². The van der Waals surface area contributed by atoms with E-state index in [2.05, 4.69) is 24.1 Å². The van der Waals surface area contributed by atoms with Crippen LogP contribution < -0.4 is 5.32 Å². The average Bonchev–Trinajstić information content (AvgIpc) is 3.03.